The molecule has 8 nitrogen and oxygen atoms in total. The Hall–Kier alpha value is -3.10. The zero-order chi connectivity index (χ0) is 15.6. The normalized spacial score (nSPS) is 10.3. The quantitative estimate of drug-likeness (QED) is 0.652. The number of para-hydroxylation sites is 1. The van der Waals surface area contributed by atoms with Gasteiger partial charge in [-0.1, -0.05) is 18.2 Å². The highest BCUT2D eigenvalue weighted by atomic mass is 19.1. The molecule has 1 N–H and O–H groups in total. The van der Waals surface area contributed by atoms with E-state index in [1.807, 2.05) is 0 Å². The van der Waals surface area contributed by atoms with Crippen LogP contribution in [0.25, 0.3) is 0 Å². The second kappa shape index (κ2) is 5.49. The number of nitro benzene ring substituents is 1. The Labute approximate surface area is 115 Å². The summed E-state index contributed by atoms with van der Waals surface area (Å²) in [5.41, 5.74) is -2.56. The molecule has 0 saturated heterocycles. The number of halogens is 1. The van der Waals surface area contributed by atoms with Crippen LogP contribution in [0.4, 0.5) is 10.1 Å². The molecule has 2 aromatic rings. The average Bonchev–Trinajstić information content (AvgIpc) is 2.43. The van der Waals surface area contributed by atoms with Crippen molar-refractivity contribution < 1.29 is 14.1 Å². The average molecular weight is 293 g/mol. The Morgan fingerprint density at radius 3 is 2.67 bits per heavy atom. The first-order valence-electron chi connectivity index (χ1n) is 5.67. The summed E-state index contributed by atoms with van der Waals surface area (Å²) in [5.74, 6) is -2.20. The number of hydrogen-bond donors (Lipinski definition) is 1. The van der Waals surface area contributed by atoms with Crippen LogP contribution in [0.3, 0.4) is 0 Å². The number of nitrogens with one attached hydrogen (secondary N) is 1. The van der Waals surface area contributed by atoms with Crippen molar-refractivity contribution in [1.29, 1.82) is 0 Å². The maximum absolute atomic E-state index is 13.1. The van der Waals surface area contributed by atoms with Gasteiger partial charge < -0.3 is 0 Å². The number of H-pyrrole nitrogens is 1. The van der Waals surface area contributed by atoms with Crippen LogP contribution in [-0.4, -0.2) is 20.4 Å². The third kappa shape index (κ3) is 2.91. The van der Waals surface area contributed by atoms with E-state index >= 15 is 0 Å². The lowest BCUT2D eigenvalue weighted by Crippen LogP contribution is -2.35. The minimum Gasteiger partial charge on any atom is -0.274 e. The number of carbonyl (C=O) groups excluding carboxylic acids is 1. The monoisotopic (exact) mass is 293 g/mol. The second-order valence-corrected chi connectivity index (χ2v) is 4.06. The van der Waals surface area contributed by atoms with Crippen LogP contribution in [0.2, 0.25) is 0 Å². The topological polar surface area (TPSA) is 115 Å². The molecule has 2 rings (SSSR count). The van der Waals surface area contributed by atoms with E-state index in [0.717, 1.165) is 0 Å². The van der Waals surface area contributed by atoms with Crippen LogP contribution in [0, 0.1) is 15.9 Å². The third-order valence-electron chi connectivity index (χ3n) is 2.70. The minimum absolute atomic E-state index is 0.0750. The van der Waals surface area contributed by atoms with Crippen molar-refractivity contribution in [2.75, 3.05) is 0 Å². The Morgan fingerprint density at radius 1 is 1.33 bits per heavy atom. The maximum atomic E-state index is 13.1. The lowest BCUT2D eigenvalue weighted by Gasteiger charge is -2.04. The van der Waals surface area contributed by atoms with E-state index < -0.39 is 34.3 Å². The third-order valence-corrected chi connectivity index (χ3v) is 2.70. The first-order valence-corrected chi connectivity index (χ1v) is 5.67. The van der Waals surface area contributed by atoms with Crippen molar-refractivity contribution in [3.05, 3.63) is 72.8 Å². The molecule has 0 aliphatic heterocycles. The highest BCUT2D eigenvalue weighted by molar-refractivity contribution is 5.81. The molecule has 0 unspecified atom stereocenters. The Balaban J connectivity index is 2.40. The summed E-state index contributed by atoms with van der Waals surface area (Å²) in [4.78, 5) is 46.0. The van der Waals surface area contributed by atoms with E-state index in [-0.39, 0.29) is 11.3 Å². The molecule has 1 heterocycles. The molecule has 0 aliphatic carbocycles. The summed E-state index contributed by atoms with van der Waals surface area (Å²) in [6.07, 6.45) is -0.0270. The van der Waals surface area contributed by atoms with Crippen LogP contribution in [-0.2, 0) is 6.42 Å². The molecule has 1 aromatic carbocycles. The van der Waals surface area contributed by atoms with Gasteiger partial charge in [0.25, 0.3) is 11.2 Å². The molecule has 21 heavy (non-hydrogen) atoms. The largest absolute Gasteiger partial charge is 0.335 e. The fourth-order valence-corrected chi connectivity index (χ4v) is 1.72. The lowest BCUT2D eigenvalue weighted by molar-refractivity contribution is -0.385. The standard InChI is InChI=1S/C12H8FN3O5/c13-8-6-15(12(19)14-11(8)18)10(17)5-7-3-1-2-4-9(7)16(20)21/h1-4,6H,5H2,(H,14,18,19). The summed E-state index contributed by atoms with van der Waals surface area (Å²) >= 11 is 0. The molecule has 9 heteroatoms. The Bertz CT molecular complexity index is 839. The number of hydrogen-bond acceptors (Lipinski definition) is 5. The van der Waals surface area contributed by atoms with Crippen molar-refractivity contribution in [2.24, 2.45) is 0 Å². The Kier molecular flexibility index (Phi) is 3.74. The van der Waals surface area contributed by atoms with Gasteiger partial charge in [0.1, 0.15) is 0 Å². The van der Waals surface area contributed by atoms with E-state index in [1.54, 1.807) is 4.98 Å². The highest BCUT2D eigenvalue weighted by Gasteiger charge is 2.18. The smallest absolute Gasteiger partial charge is 0.274 e. The van der Waals surface area contributed by atoms with Crippen LogP contribution >= 0.6 is 0 Å². The molecule has 0 radical (unpaired) electrons. The Morgan fingerprint density at radius 2 is 2.00 bits per heavy atom. The molecule has 108 valence electrons. The molecule has 0 spiro atoms. The number of rotatable bonds is 3. The van der Waals surface area contributed by atoms with Crippen LogP contribution in [0.15, 0.2) is 40.1 Å². The highest BCUT2D eigenvalue weighted by Crippen LogP contribution is 2.18. The first-order chi connectivity index (χ1) is 9.90. The van der Waals surface area contributed by atoms with Gasteiger partial charge in [0.15, 0.2) is 0 Å². The van der Waals surface area contributed by atoms with Crippen LogP contribution < -0.4 is 11.2 Å². The second-order valence-electron chi connectivity index (χ2n) is 4.06. The fraction of sp³-hybridized carbons (Fsp3) is 0.0833. The van der Waals surface area contributed by atoms with Crippen molar-refractivity contribution >= 4 is 11.6 Å². The molecule has 0 amide bonds. The lowest BCUT2D eigenvalue weighted by atomic mass is 10.1. The number of benzene rings is 1. The maximum Gasteiger partial charge on any atom is 0.335 e. The van der Waals surface area contributed by atoms with E-state index in [1.165, 1.54) is 24.3 Å². The van der Waals surface area contributed by atoms with E-state index in [2.05, 4.69) is 0 Å². The minimum atomic E-state index is -1.30. The fourth-order valence-electron chi connectivity index (χ4n) is 1.72. The van der Waals surface area contributed by atoms with Crippen molar-refractivity contribution in [3.8, 4) is 0 Å². The van der Waals surface area contributed by atoms with Crippen molar-refractivity contribution in [3.63, 3.8) is 0 Å². The first kappa shape index (κ1) is 14.3. The van der Waals surface area contributed by atoms with Gasteiger partial charge in [-0.2, -0.15) is 4.39 Å². The van der Waals surface area contributed by atoms with Crippen molar-refractivity contribution in [2.45, 2.75) is 6.42 Å². The molecule has 0 atom stereocenters. The molecule has 0 bridgehead atoms. The number of aromatic amines is 1. The van der Waals surface area contributed by atoms with Gasteiger partial charge in [-0.15, -0.1) is 0 Å². The molecule has 0 aliphatic rings. The molecule has 1 aromatic heterocycles. The van der Waals surface area contributed by atoms with Gasteiger partial charge in [0.05, 0.1) is 17.5 Å². The number of carbonyl (C=O) groups is 1. The van der Waals surface area contributed by atoms with Gasteiger partial charge in [-0.25, -0.2) is 9.36 Å². The summed E-state index contributed by atoms with van der Waals surface area (Å²) in [7, 11) is 0. The van der Waals surface area contributed by atoms with Crippen molar-refractivity contribution in [1.82, 2.24) is 9.55 Å². The van der Waals surface area contributed by atoms with Crippen LogP contribution in [0.5, 0.6) is 0 Å². The number of nitrogens with zero attached hydrogens (tertiary/aromatic N) is 2. The summed E-state index contributed by atoms with van der Waals surface area (Å²) < 4.78 is 13.5. The molecular weight excluding hydrogens is 285 g/mol. The SMILES string of the molecule is O=C(Cc1ccccc1[N+](=O)[O-])n1cc(F)c(=O)[nH]c1=O. The van der Waals surface area contributed by atoms with Gasteiger partial charge in [-0.05, 0) is 0 Å². The van der Waals surface area contributed by atoms with Gasteiger partial charge in [-0.3, -0.25) is 24.7 Å². The number of aromatic nitrogens is 2. The van der Waals surface area contributed by atoms with Gasteiger partial charge in [0, 0.05) is 11.6 Å². The molecule has 0 saturated carbocycles. The van der Waals surface area contributed by atoms with Gasteiger partial charge >= 0.3 is 5.69 Å². The molecular formula is C12H8FN3O5. The zero-order valence-corrected chi connectivity index (χ0v) is 10.4. The van der Waals surface area contributed by atoms with E-state index in [9.17, 15) is 28.9 Å². The van der Waals surface area contributed by atoms with E-state index in [4.69, 9.17) is 0 Å². The van der Waals surface area contributed by atoms with Gasteiger partial charge in [0.2, 0.25) is 11.7 Å². The summed E-state index contributed by atoms with van der Waals surface area (Å²) in [6.45, 7) is 0. The zero-order valence-electron chi connectivity index (χ0n) is 10.4. The predicted octanol–water partition coefficient (Wildman–Crippen LogP) is 0.467. The van der Waals surface area contributed by atoms with E-state index in [0.29, 0.717) is 10.8 Å². The summed E-state index contributed by atoms with van der Waals surface area (Å²) in [5, 5.41) is 10.8. The predicted molar refractivity (Wildman–Crippen MR) is 68.7 cm³/mol. The van der Waals surface area contributed by atoms with Crippen LogP contribution in [0.1, 0.15) is 10.4 Å². The summed E-state index contributed by atoms with van der Waals surface area (Å²) in [6, 6.07) is 5.48. The molecule has 0 fully saturated rings. The number of nitro groups is 1.